The molecule has 3 aromatic rings. The largest absolute Gasteiger partial charge is 0.447 e. The van der Waals surface area contributed by atoms with Gasteiger partial charge in [0.15, 0.2) is 24.6 Å². The molecule has 3 heterocycles. The van der Waals surface area contributed by atoms with Gasteiger partial charge in [-0.3, -0.25) is 0 Å². The minimum atomic E-state index is -4.46. The van der Waals surface area contributed by atoms with Crippen LogP contribution in [0, 0.1) is 0 Å². The quantitative estimate of drug-likeness (QED) is 0.512. The third-order valence-corrected chi connectivity index (χ3v) is 7.35. The Morgan fingerprint density at radius 2 is 2.04 bits per heavy atom. The van der Waals surface area contributed by atoms with E-state index in [1.54, 1.807) is 11.6 Å². The SMILES string of the molecule is CCS(=O)(=O)c1nc(Br)sc1-c1nc2cc(SC(F)(F)F)ncc2n1C. The summed E-state index contributed by atoms with van der Waals surface area (Å²) in [7, 11) is -1.96. The Kier molecular flexibility index (Phi) is 5.09. The van der Waals surface area contributed by atoms with Crippen molar-refractivity contribution in [1.29, 1.82) is 0 Å². The van der Waals surface area contributed by atoms with E-state index in [4.69, 9.17) is 0 Å². The molecule has 0 atom stereocenters. The van der Waals surface area contributed by atoms with Crippen LogP contribution in [0.2, 0.25) is 0 Å². The third-order valence-electron chi connectivity index (χ3n) is 3.41. The lowest BCUT2D eigenvalue weighted by Crippen LogP contribution is -2.06. The van der Waals surface area contributed by atoms with E-state index in [1.165, 1.54) is 19.2 Å². The number of sulfone groups is 1. The second-order valence-corrected chi connectivity index (χ2v) is 10.6. The van der Waals surface area contributed by atoms with Crippen molar-refractivity contribution in [2.75, 3.05) is 5.75 Å². The van der Waals surface area contributed by atoms with Gasteiger partial charge in [0, 0.05) is 18.8 Å². The van der Waals surface area contributed by atoms with Crippen molar-refractivity contribution in [3.63, 3.8) is 0 Å². The average molecular weight is 487 g/mol. The minimum absolute atomic E-state index is 0.104. The van der Waals surface area contributed by atoms with Gasteiger partial charge in [-0.15, -0.1) is 11.3 Å². The van der Waals surface area contributed by atoms with E-state index in [-0.39, 0.29) is 33.1 Å². The molecule has 0 aliphatic carbocycles. The molecule has 0 aliphatic heterocycles. The first-order chi connectivity index (χ1) is 12.0. The maximum absolute atomic E-state index is 12.5. The Balaban J connectivity index is 2.17. The lowest BCUT2D eigenvalue weighted by Gasteiger charge is -2.04. The summed E-state index contributed by atoms with van der Waals surface area (Å²) in [5, 5.41) is -0.338. The summed E-state index contributed by atoms with van der Waals surface area (Å²) in [4.78, 5) is 12.5. The van der Waals surface area contributed by atoms with E-state index < -0.39 is 15.3 Å². The monoisotopic (exact) mass is 486 g/mol. The normalized spacial score (nSPS) is 12.8. The Morgan fingerprint density at radius 1 is 1.35 bits per heavy atom. The number of aryl methyl sites for hydroxylation is 1. The Morgan fingerprint density at radius 3 is 2.65 bits per heavy atom. The highest BCUT2D eigenvalue weighted by molar-refractivity contribution is 9.11. The molecular formula is C13H10BrF3N4O2S3. The van der Waals surface area contributed by atoms with Crippen molar-refractivity contribution in [3.8, 4) is 10.7 Å². The van der Waals surface area contributed by atoms with E-state index in [0.717, 1.165) is 11.3 Å². The zero-order valence-corrected chi connectivity index (χ0v) is 17.2. The number of nitrogens with zero attached hydrogens (tertiary/aromatic N) is 4. The molecule has 0 radical (unpaired) electrons. The van der Waals surface area contributed by atoms with Crippen LogP contribution in [0.25, 0.3) is 21.7 Å². The number of hydrogen-bond acceptors (Lipinski definition) is 7. The smallest absolute Gasteiger partial charge is 0.325 e. The van der Waals surface area contributed by atoms with Gasteiger partial charge in [0.25, 0.3) is 0 Å². The molecule has 0 saturated carbocycles. The highest BCUT2D eigenvalue weighted by Gasteiger charge is 2.31. The molecule has 0 fully saturated rings. The Labute approximate surface area is 162 Å². The lowest BCUT2D eigenvalue weighted by molar-refractivity contribution is -0.0329. The van der Waals surface area contributed by atoms with Crippen molar-refractivity contribution >= 4 is 59.9 Å². The molecule has 140 valence electrons. The standard InChI is InChI=1S/C13H10BrF3N4O2S3/c1-3-26(22,23)11-9(24-12(14)20-11)10-19-6-4-8(25-13(15,16)17)18-5-7(6)21(10)2/h4-5H,3H2,1-2H3. The molecule has 0 unspecified atom stereocenters. The molecular weight excluding hydrogens is 477 g/mol. The molecule has 0 N–H and O–H groups in total. The van der Waals surface area contributed by atoms with Crippen molar-refractivity contribution in [2.24, 2.45) is 7.05 Å². The van der Waals surface area contributed by atoms with Gasteiger partial charge in [-0.1, -0.05) is 6.92 Å². The number of pyridine rings is 1. The predicted octanol–water partition coefficient (Wildman–Crippen LogP) is 4.26. The number of thiazole rings is 1. The first-order valence-electron chi connectivity index (χ1n) is 6.99. The highest BCUT2D eigenvalue weighted by atomic mass is 79.9. The molecule has 0 bridgehead atoms. The molecule has 0 aliphatic rings. The average Bonchev–Trinajstić information content (AvgIpc) is 3.06. The molecule has 13 heteroatoms. The summed E-state index contributed by atoms with van der Waals surface area (Å²) < 4.78 is 64.1. The van der Waals surface area contributed by atoms with Gasteiger partial charge in [0.2, 0.25) is 0 Å². The zero-order valence-electron chi connectivity index (χ0n) is 13.2. The number of thioether (sulfide) groups is 1. The Bertz CT molecular complexity index is 1090. The summed E-state index contributed by atoms with van der Waals surface area (Å²) in [5.74, 6) is 0.166. The van der Waals surface area contributed by atoms with E-state index in [9.17, 15) is 21.6 Å². The number of fused-ring (bicyclic) bond motifs is 1. The molecule has 6 nitrogen and oxygen atoms in total. The highest BCUT2D eigenvalue weighted by Crippen LogP contribution is 2.39. The van der Waals surface area contributed by atoms with Crippen molar-refractivity contribution in [3.05, 3.63) is 16.2 Å². The molecule has 0 saturated heterocycles. The number of aromatic nitrogens is 4. The minimum Gasteiger partial charge on any atom is -0.325 e. The maximum Gasteiger partial charge on any atom is 0.447 e. The van der Waals surface area contributed by atoms with Crippen LogP contribution in [0.3, 0.4) is 0 Å². The van der Waals surface area contributed by atoms with Crippen LogP contribution in [0.15, 0.2) is 26.2 Å². The number of hydrogen-bond donors (Lipinski definition) is 0. The van der Waals surface area contributed by atoms with Crippen LogP contribution in [0.4, 0.5) is 13.2 Å². The van der Waals surface area contributed by atoms with Gasteiger partial charge in [-0.05, 0) is 22.0 Å². The fraction of sp³-hybridized carbons (Fsp3) is 0.308. The van der Waals surface area contributed by atoms with Crippen LogP contribution >= 0.6 is 39.0 Å². The van der Waals surface area contributed by atoms with Crippen molar-refractivity contribution < 1.29 is 21.6 Å². The van der Waals surface area contributed by atoms with Gasteiger partial charge in [-0.2, -0.15) is 13.2 Å². The summed E-state index contributed by atoms with van der Waals surface area (Å²) >= 11 is 3.94. The van der Waals surface area contributed by atoms with Gasteiger partial charge in [0.1, 0.15) is 9.90 Å². The molecule has 0 aromatic carbocycles. The molecule has 0 amide bonds. The number of halogens is 4. The summed E-state index contributed by atoms with van der Waals surface area (Å²) in [6.07, 6.45) is 1.28. The fourth-order valence-corrected chi connectivity index (χ4v) is 5.66. The van der Waals surface area contributed by atoms with Crippen LogP contribution in [-0.4, -0.2) is 39.2 Å². The first kappa shape index (κ1) is 19.6. The zero-order chi connectivity index (χ0) is 19.3. The predicted molar refractivity (Wildman–Crippen MR) is 97.0 cm³/mol. The molecule has 3 rings (SSSR count). The number of imidazole rings is 1. The summed E-state index contributed by atoms with van der Waals surface area (Å²) in [6.45, 7) is 1.51. The molecule has 3 aromatic heterocycles. The lowest BCUT2D eigenvalue weighted by atomic mass is 10.4. The first-order valence-corrected chi connectivity index (χ1v) is 11.1. The number of alkyl halides is 3. The van der Waals surface area contributed by atoms with Gasteiger partial charge < -0.3 is 4.57 Å². The van der Waals surface area contributed by atoms with E-state index in [1.807, 2.05) is 0 Å². The van der Waals surface area contributed by atoms with E-state index in [2.05, 4.69) is 30.9 Å². The second-order valence-electron chi connectivity index (χ2n) is 5.06. The Hall–Kier alpha value is -1.18. The van der Waals surface area contributed by atoms with Crippen molar-refractivity contribution in [1.82, 2.24) is 19.5 Å². The van der Waals surface area contributed by atoms with Crippen LogP contribution in [-0.2, 0) is 16.9 Å². The molecule has 0 spiro atoms. The molecule has 26 heavy (non-hydrogen) atoms. The van der Waals surface area contributed by atoms with Crippen LogP contribution in [0.5, 0.6) is 0 Å². The van der Waals surface area contributed by atoms with Crippen molar-refractivity contribution in [2.45, 2.75) is 22.5 Å². The van der Waals surface area contributed by atoms with E-state index in [0.29, 0.717) is 20.1 Å². The number of rotatable bonds is 4. The van der Waals surface area contributed by atoms with Gasteiger partial charge in [-0.25, -0.2) is 23.4 Å². The second kappa shape index (κ2) is 6.77. The summed E-state index contributed by atoms with van der Waals surface area (Å²) in [5.41, 5.74) is -3.69. The topological polar surface area (TPSA) is 77.7 Å². The van der Waals surface area contributed by atoms with E-state index >= 15 is 0 Å². The maximum atomic E-state index is 12.5. The van der Waals surface area contributed by atoms with Gasteiger partial charge in [0.05, 0.1) is 23.0 Å². The fourth-order valence-electron chi connectivity index (χ4n) is 2.22. The van der Waals surface area contributed by atoms with Crippen LogP contribution in [0.1, 0.15) is 6.92 Å². The summed E-state index contributed by atoms with van der Waals surface area (Å²) in [6, 6.07) is 1.22. The third kappa shape index (κ3) is 3.75. The van der Waals surface area contributed by atoms with Crippen LogP contribution < -0.4 is 0 Å². The van der Waals surface area contributed by atoms with Gasteiger partial charge >= 0.3 is 5.51 Å².